The van der Waals surface area contributed by atoms with E-state index < -0.39 is 0 Å². The maximum Gasteiger partial charge on any atom is 0.338 e. The number of hydrogen-bond acceptors (Lipinski definition) is 3. The summed E-state index contributed by atoms with van der Waals surface area (Å²) in [5.74, 6) is -0.281. The number of esters is 1. The van der Waals surface area contributed by atoms with Crippen LogP contribution < -0.4 is 4.90 Å². The first kappa shape index (κ1) is 21.9. The lowest BCUT2D eigenvalue weighted by Gasteiger charge is -2.40. The van der Waals surface area contributed by atoms with Crippen molar-refractivity contribution in [2.24, 2.45) is 0 Å². The molecule has 0 amide bonds. The van der Waals surface area contributed by atoms with Gasteiger partial charge in [-0.3, -0.25) is 0 Å². The van der Waals surface area contributed by atoms with Crippen LogP contribution in [0.1, 0.15) is 59.8 Å². The van der Waals surface area contributed by atoms with Gasteiger partial charge in [-0.25, -0.2) is 4.79 Å². The van der Waals surface area contributed by atoms with Crippen LogP contribution in [0.5, 0.6) is 0 Å². The van der Waals surface area contributed by atoms with Gasteiger partial charge in [0.1, 0.15) is 0 Å². The van der Waals surface area contributed by atoms with Gasteiger partial charge in [-0.15, -0.1) is 0 Å². The molecule has 1 aliphatic heterocycles. The molecular formula is C29H31NO2. The highest BCUT2D eigenvalue weighted by atomic mass is 16.5. The Labute approximate surface area is 191 Å². The van der Waals surface area contributed by atoms with E-state index in [9.17, 15) is 4.79 Å². The fraction of sp³-hybridized carbons (Fsp3) is 0.276. The molecule has 1 aliphatic rings. The van der Waals surface area contributed by atoms with Crippen molar-refractivity contribution in [2.75, 3.05) is 18.1 Å². The lowest BCUT2D eigenvalue weighted by atomic mass is 9.77. The summed E-state index contributed by atoms with van der Waals surface area (Å²) < 4.78 is 5.06. The van der Waals surface area contributed by atoms with Crippen molar-refractivity contribution in [1.29, 1.82) is 0 Å². The Bertz CT molecular complexity index is 1120. The molecule has 3 heteroatoms. The van der Waals surface area contributed by atoms with Crippen molar-refractivity contribution in [3.05, 3.63) is 94.5 Å². The summed E-state index contributed by atoms with van der Waals surface area (Å²) in [4.78, 5) is 14.3. The summed E-state index contributed by atoms with van der Waals surface area (Å²) in [7, 11) is 0. The maximum absolute atomic E-state index is 11.8. The third-order valence-electron chi connectivity index (χ3n) is 6.24. The highest BCUT2D eigenvalue weighted by Crippen LogP contribution is 2.43. The molecule has 0 aromatic heterocycles. The maximum atomic E-state index is 11.8. The van der Waals surface area contributed by atoms with Gasteiger partial charge in [0, 0.05) is 17.9 Å². The summed E-state index contributed by atoms with van der Waals surface area (Å²) in [5, 5.41) is 0. The minimum Gasteiger partial charge on any atom is -0.462 e. The minimum absolute atomic E-state index is 0.154. The molecule has 0 radical (unpaired) electrons. The van der Waals surface area contributed by atoms with Crippen LogP contribution in [0.25, 0.3) is 12.2 Å². The molecule has 0 fully saturated rings. The van der Waals surface area contributed by atoms with E-state index in [0.717, 1.165) is 24.1 Å². The fourth-order valence-electron chi connectivity index (χ4n) is 4.22. The lowest BCUT2D eigenvalue weighted by Crippen LogP contribution is -2.34. The number of fused-ring (bicyclic) bond motifs is 1. The third kappa shape index (κ3) is 4.62. The van der Waals surface area contributed by atoms with Crippen LogP contribution >= 0.6 is 0 Å². The number of carbonyl (C=O) groups is 1. The van der Waals surface area contributed by atoms with Crippen LogP contribution in [0.2, 0.25) is 0 Å². The van der Waals surface area contributed by atoms with E-state index in [2.05, 4.69) is 80.3 Å². The van der Waals surface area contributed by atoms with Gasteiger partial charge in [0.05, 0.1) is 12.2 Å². The van der Waals surface area contributed by atoms with Crippen molar-refractivity contribution in [1.82, 2.24) is 0 Å². The van der Waals surface area contributed by atoms with E-state index in [1.807, 2.05) is 31.2 Å². The standard InChI is InChI=1S/C29H31NO2/c1-5-32-28(31)24-13-10-22(11-14-24)8-9-23-12-17-26-27(20-23)30(19-18-29(26,3)4)25-15-6-21(2)7-16-25/h6-17,20H,5,18-19H2,1-4H3/b9-8+. The number of benzene rings is 3. The topological polar surface area (TPSA) is 29.5 Å². The Morgan fingerprint density at radius 1 is 0.969 bits per heavy atom. The molecular weight excluding hydrogens is 394 g/mol. The first-order chi connectivity index (χ1) is 15.4. The van der Waals surface area contributed by atoms with Crippen molar-refractivity contribution in [2.45, 2.75) is 39.5 Å². The van der Waals surface area contributed by atoms with Gasteiger partial charge in [0.15, 0.2) is 0 Å². The Morgan fingerprint density at radius 3 is 2.31 bits per heavy atom. The highest BCUT2D eigenvalue weighted by Gasteiger charge is 2.31. The Balaban J connectivity index is 1.62. The zero-order valence-corrected chi connectivity index (χ0v) is 19.4. The van der Waals surface area contributed by atoms with E-state index in [4.69, 9.17) is 4.74 Å². The number of aryl methyl sites for hydroxylation is 1. The molecule has 1 heterocycles. The molecule has 3 aromatic carbocycles. The van der Waals surface area contributed by atoms with Gasteiger partial charge < -0.3 is 9.64 Å². The summed E-state index contributed by atoms with van der Waals surface area (Å²) in [6.45, 7) is 9.99. The SMILES string of the molecule is CCOC(=O)c1ccc(/C=C/c2ccc3c(c2)N(c2ccc(C)cc2)CCC3(C)C)cc1. The number of ether oxygens (including phenoxy) is 1. The van der Waals surface area contributed by atoms with Crippen molar-refractivity contribution >= 4 is 29.5 Å². The average Bonchev–Trinajstić information content (AvgIpc) is 2.79. The Morgan fingerprint density at radius 2 is 1.62 bits per heavy atom. The van der Waals surface area contributed by atoms with E-state index in [1.165, 1.54) is 22.5 Å². The number of hydrogen-bond donors (Lipinski definition) is 0. The van der Waals surface area contributed by atoms with Gasteiger partial charge in [-0.2, -0.15) is 0 Å². The number of rotatable bonds is 5. The Kier molecular flexibility index (Phi) is 6.18. The first-order valence-electron chi connectivity index (χ1n) is 11.3. The summed E-state index contributed by atoms with van der Waals surface area (Å²) in [5.41, 5.74) is 8.13. The van der Waals surface area contributed by atoms with Crippen LogP contribution in [0, 0.1) is 6.92 Å². The van der Waals surface area contributed by atoms with Gasteiger partial charge in [-0.1, -0.05) is 68.0 Å². The molecule has 32 heavy (non-hydrogen) atoms. The zero-order valence-electron chi connectivity index (χ0n) is 19.4. The fourth-order valence-corrected chi connectivity index (χ4v) is 4.22. The molecule has 4 rings (SSSR count). The summed E-state index contributed by atoms with van der Waals surface area (Å²) in [6.07, 6.45) is 5.34. The molecule has 164 valence electrons. The number of nitrogens with zero attached hydrogens (tertiary/aromatic N) is 1. The molecule has 3 aromatic rings. The van der Waals surface area contributed by atoms with Gasteiger partial charge in [0.25, 0.3) is 0 Å². The average molecular weight is 426 g/mol. The zero-order chi connectivity index (χ0) is 22.7. The smallest absolute Gasteiger partial charge is 0.338 e. The lowest BCUT2D eigenvalue weighted by molar-refractivity contribution is 0.0526. The molecule has 3 nitrogen and oxygen atoms in total. The van der Waals surface area contributed by atoms with Crippen molar-refractivity contribution in [3.8, 4) is 0 Å². The summed E-state index contributed by atoms with van der Waals surface area (Å²) in [6, 6.07) is 23.1. The van der Waals surface area contributed by atoms with E-state index in [-0.39, 0.29) is 11.4 Å². The predicted octanol–water partition coefficient (Wildman–Crippen LogP) is 7.16. The second kappa shape index (κ2) is 9.04. The van der Waals surface area contributed by atoms with Gasteiger partial charge in [0.2, 0.25) is 0 Å². The van der Waals surface area contributed by atoms with Crippen molar-refractivity contribution in [3.63, 3.8) is 0 Å². The second-order valence-electron chi connectivity index (χ2n) is 9.07. The highest BCUT2D eigenvalue weighted by molar-refractivity contribution is 5.89. The number of carbonyl (C=O) groups excluding carboxylic acids is 1. The molecule has 0 saturated heterocycles. The molecule has 0 bridgehead atoms. The molecule has 0 aliphatic carbocycles. The van der Waals surface area contributed by atoms with Crippen molar-refractivity contribution < 1.29 is 9.53 Å². The molecule has 0 atom stereocenters. The molecule has 0 N–H and O–H groups in total. The van der Waals surface area contributed by atoms with Crippen LogP contribution in [0.4, 0.5) is 11.4 Å². The van der Waals surface area contributed by atoms with E-state index in [1.54, 1.807) is 0 Å². The molecule has 0 unspecified atom stereocenters. The van der Waals surface area contributed by atoms with Crippen LogP contribution in [-0.4, -0.2) is 19.1 Å². The van der Waals surface area contributed by atoms with E-state index >= 15 is 0 Å². The monoisotopic (exact) mass is 425 g/mol. The second-order valence-corrected chi connectivity index (χ2v) is 9.07. The first-order valence-corrected chi connectivity index (χ1v) is 11.3. The Hall–Kier alpha value is -3.33. The third-order valence-corrected chi connectivity index (χ3v) is 6.24. The summed E-state index contributed by atoms with van der Waals surface area (Å²) >= 11 is 0. The molecule has 0 saturated carbocycles. The van der Waals surface area contributed by atoms with Crippen LogP contribution in [0.15, 0.2) is 66.7 Å². The van der Waals surface area contributed by atoms with Gasteiger partial charge >= 0.3 is 5.97 Å². The predicted molar refractivity (Wildman–Crippen MR) is 134 cm³/mol. The van der Waals surface area contributed by atoms with Crippen LogP contribution in [-0.2, 0) is 10.2 Å². The largest absolute Gasteiger partial charge is 0.462 e. The minimum atomic E-state index is -0.281. The normalized spacial score (nSPS) is 14.9. The number of anilines is 2. The van der Waals surface area contributed by atoms with Crippen LogP contribution in [0.3, 0.4) is 0 Å². The van der Waals surface area contributed by atoms with E-state index in [0.29, 0.717) is 12.2 Å². The van der Waals surface area contributed by atoms with Gasteiger partial charge in [-0.05, 0) is 72.7 Å². The quantitative estimate of drug-likeness (QED) is 0.321. The molecule has 0 spiro atoms.